The van der Waals surface area contributed by atoms with Crippen LogP contribution in [0.25, 0.3) is 0 Å². The van der Waals surface area contributed by atoms with Crippen molar-refractivity contribution in [1.82, 2.24) is 4.90 Å². The van der Waals surface area contributed by atoms with E-state index in [0.29, 0.717) is 28.6 Å². The molecule has 0 aliphatic carbocycles. The van der Waals surface area contributed by atoms with Crippen LogP contribution >= 0.6 is 22.9 Å². The number of halogens is 2. The summed E-state index contributed by atoms with van der Waals surface area (Å²) in [6, 6.07) is 13.4. The van der Waals surface area contributed by atoms with Crippen molar-refractivity contribution in [2.24, 2.45) is 5.73 Å². The van der Waals surface area contributed by atoms with E-state index in [9.17, 15) is 14.0 Å². The second kappa shape index (κ2) is 8.55. The Labute approximate surface area is 182 Å². The first-order valence-corrected chi connectivity index (χ1v) is 10.6. The fourth-order valence-electron chi connectivity index (χ4n) is 3.65. The molecule has 2 heterocycles. The van der Waals surface area contributed by atoms with Crippen LogP contribution in [0, 0.1) is 5.82 Å². The van der Waals surface area contributed by atoms with Crippen LogP contribution in [-0.2, 0) is 19.5 Å². The van der Waals surface area contributed by atoms with Gasteiger partial charge < -0.3 is 11.1 Å². The average molecular weight is 444 g/mol. The molecule has 0 saturated carbocycles. The number of nitrogens with two attached hydrogens (primary N) is 1. The number of carbonyl (C=O) groups is 2. The molecule has 1 aliphatic heterocycles. The van der Waals surface area contributed by atoms with Gasteiger partial charge >= 0.3 is 0 Å². The molecular weight excluding hydrogens is 425 g/mol. The summed E-state index contributed by atoms with van der Waals surface area (Å²) in [4.78, 5) is 27.9. The molecule has 30 heavy (non-hydrogen) atoms. The lowest BCUT2D eigenvalue weighted by atomic mass is 10.0. The lowest BCUT2D eigenvalue weighted by Crippen LogP contribution is -2.30. The topological polar surface area (TPSA) is 75.4 Å². The van der Waals surface area contributed by atoms with Crippen molar-refractivity contribution in [2.45, 2.75) is 19.5 Å². The average Bonchev–Trinajstić information content (AvgIpc) is 3.05. The third-order valence-corrected chi connectivity index (χ3v) is 6.39. The number of hydrogen-bond acceptors (Lipinski definition) is 4. The lowest BCUT2D eigenvalue weighted by Gasteiger charge is -2.27. The molecule has 2 amide bonds. The molecule has 4 rings (SSSR count). The number of amides is 2. The maximum Gasteiger partial charge on any atom is 0.259 e. The third-order valence-electron chi connectivity index (χ3n) is 5.02. The minimum absolute atomic E-state index is 0.0816. The van der Waals surface area contributed by atoms with E-state index in [1.54, 1.807) is 6.07 Å². The summed E-state index contributed by atoms with van der Waals surface area (Å²) in [6.07, 6.45) is 0.639. The molecule has 1 aromatic heterocycles. The number of hydrogen-bond donors (Lipinski definition) is 2. The van der Waals surface area contributed by atoms with Gasteiger partial charge in [0.15, 0.2) is 0 Å². The Kier molecular flexibility index (Phi) is 5.85. The molecule has 0 fully saturated rings. The largest absolute Gasteiger partial charge is 0.365 e. The van der Waals surface area contributed by atoms with Gasteiger partial charge in [0, 0.05) is 29.5 Å². The van der Waals surface area contributed by atoms with E-state index in [1.165, 1.54) is 29.5 Å². The van der Waals surface area contributed by atoms with Crippen molar-refractivity contribution >= 4 is 39.8 Å². The second-order valence-electron chi connectivity index (χ2n) is 7.10. The van der Waals surface area contributed by atoms with Crippen LogP contribution in [0.15, 0.2) is 48.5 Å². The van der Waals surface area contributed by atoms with Gasteiger partial charge in [0.05, 0.1) is 11.1 Å². The fraction of sp³-hybridized carbons (Fsp3) is 0.182. The second-order valence-corrected chi connectivity index (χ2v) is 8.64. The first-order valence-electron chi connectivity index (χ1n) is 9.39. The summed E-state index contributed by atoms with van der Waals surface area (Å²) in [7, 11) is 0. The normalized spacial score (nSPS) is 13.7. The Balaban J connectivity index is 1.57. The number of anilines is 1. The summed E-state index contributed by atoms with van der Waals surface area (Å²) in [6.45, 7) is 2.10. The SMILES string of the molecule is NC(=O)c1c(NC(=O)c2ccccc2F)sc2c1CCN(Cc1cccc(Cl)c1)C2. The monoisotopic (exact) mass is 443 g/mol. The zero-order chi connectivity index (χ0) is 21.3. The molecule has 154 valence electrons. The Morgan fingerprint density at radius 1 is 1.20 bits per heavy atom. The maximum atomic E-state index is 14.0. The lowest BCUT2D eigenvalue weighted by molar-refractivity contribution is 0.0999. The zero-order valence-corrected chi connectivity index (χ0v) is 17.5. The number of nitrogens with one attached hydrogen (secondary N) is 1. The molecule has 1 aliphatic rings. The Hall–Kier alpha value is -2.74. The molecule has 3 aromatic rings. The predicted molar refractivity (Wildman–Crippen MR) is 116 cm³/mol. The molecule has 0 saturated heterocycles. The van der Waals surface area contributed by atoms with E-state index >= 15 is 0 Å². The van der Waals surface area contributed by atoms with Gasteiger partial charge in [0.25, 0.3) is 11.8 Å². The summed E-state index contributed by atoms with van der Waals surface area (Å²) in [5, 5.41) is 3.74. The van der Waals surface area contributed by atoms with E-state index in [4.69, 9.17) is 17.3 Å². The number of carbonyl (C=O) groups excluding carboxylic acids is 2. The van der Waals surface area contributed by atoms with Crippen molar-refractivity contribution in [3.8, 4) is 0 Å². The van der Waals surface area contributed by atoms with Crippen LogP contribution in [0.4, 0.5) is 9.39 Å². The number of thiophene rings is 1. The van der Waals surface area contributed by atoms with Crippen molar-refractivity contribution < 1.29 is 14.0 Å². The number of primary amides is 1. The molecule has 2 aromatic carbocycles. The van der Waals surface area contributed by atoms with Crippen LogP contribution in [0.2, 0.25) is 5.02 Å². The van der Waals surface area contributed by atoms with Crippen LogP contribution in [-0.4, -0.2) is 23.3 Å². The molecule has 3 N–H and O–H groups in total. The van der Waals surface area contributed by atoms with E-state index in [2.05, 4.69) is 10.2 Å². The van der Waals surface area contributed by atoms with E-state index in [0.717, 1.165) is 29.1 Å². The van der Waals surface area contributed by atoms with Gasteiger partial charge in [-0.25, -0.2) is 4.39 Å². The highest BCUT2D eigenvalue weighted by Gasteiger charge is 2.28. The molecule has 5 nitrogen and oxygen atoms in total. The van der Waals surface area contributed by atoms with Gasteiger partial charge in [-0.15, -0.1) is 11.3 Å². The molecule has 0 bridgehead atoms. The molecule has 0 radical (unpaired) electrons. The maximum absolute atomic E-state index is 14.0. The highest BCUT2D eigenvalue weighted by Crippen LogP contribution is 2.37. The first kappa shape index (κ1) is 20.5. The van der Waals surface area contributed by atoms with Gasteiger partial charge in [0.1, 0.15) is 10.8 Å². The van der Waals surface area contributed by atoms with Crippen LogP contribution < -0.4 is 11.1 Å². The van der Waals surface area contributed by atoms with Crippen molar-refractivity contribution in [2.75, 3.05) is 11.9 Å². The van der Waals surface area contributed by atoms with Crippen molar-refractivity contribution in [3.63, 3.8) is 0 Å². The van der Waals surface area contributed by atoms with E-state index in [-0.39, 0.29) is 5.56 Å². The molecule has 8 heteroatoms. The number of benzene rings is 2. The van der Waals surface area contributed by atoms with E-state index < -0.39 is 17.6 Å². The molecule has 0 atom stereocenters. The molecule has 0 spiro atoms. The fourth-order valence-corrected chi connectivity index (χ4v) is 5.15. The van der Waals surface area contributed by atoms with Crippen LogP contribution in [0.1, 0.15) is 36.7 Å². The van der Waals surface area contributed by atoms with E-state index in [1.807, 2.05) is 24.3 Å². The quantitative estimate of drug-likeness (QED) is 0.611. The first-order chi connectivity index (χ1) is 14.4. The Morgan fingerprint density at radius 2 is 2.00 bits per heavy atom. The number of rotatable bonds is 5. The predicted octanol–water partition coefficient (Wildman–Crippen LogP) is 4.45. The standard InChI is InChI=1S/C22H19ClFN3O2S/c23-14-5-3-4-13(10-14)11-27-9-8-16-18(12-27)30-22(19(16)20(25)28)26-21(29)15-6-1-2-7-17(15)24/h1-7,10H,8-9,11-12H2,(H2,25,28)(H,26,29). The summed E-state index contributed by atoms with van der Waals surface area (Å²) in [5.74, 6) is -1.82. The zero-order valence-electron chi connectivity index (χ0n) is 16.0. The van der Waals surface area contributed by atoms with Gasteiger partial charge in [-0.2, -0.15) is 0 Å². The highest BCUT2D eigenvalue weighted by atomic mass is 35.5. The summed E-state index contributed by atoms with van der Waals surface area (Å²) < 4.78 is 14.0. The van der Waals surface area contributed by atoms with Crippen LogP contribution in [0.5, 0.6) is 0 Å². The minimum atomic E-state index is -0.621. The number of fused-ring (bicyclic) bond motifs is 1. The van der Waals surface area contributed by atoms with Gasteiger partial charge in [0.2, 0.25) is 0 Å². The molecular formula is C22H19ClFN3O2S. The number of nitrogens with zero attached hydrogens (tertiary/aromatic N) is 1. The highest BCUT2D eigenvalue weighted by molar-refractivity contribution is 7.17. The third kappa shape index (κ3) is 4.23. The van der Waals surface area contributed by atoms with Crippen LogP contribution in [0.3, 0.4) is 0 Å². The van der Waals surface area contributed by atoms with Crippen molar-refractivity contribution in [3.05, 3.63) is 86.5 Å². The van der Waals surface area contributed by atoms with Gasteiger partial charge in [-0.1, -0.05) is 35.9 Å². The smallest absolute Gasteiger partial charge is 0.259 e. The Morgan fingerprint density at radius 3 is 2.73 bits per heavy atom. The molecule has 0 unspecified atom stereocenters. The minimum Gasteiger partial charge on any atom is -0.365 e. The van der Waals surface area contributed by atoms with Gasteiger partial charge in [-0.05, 0) is 41.8 Å². The summed E-state index contributed by atoms with van der Waals surface area (Å²) in [5.41, 5.74) is 7.82. The van der Waals surface area contributed by atoms with Gasteiger partial charge in [-0.3, -0.25) is 14.5 Å². The Bertz CT molecular complexity index is 1130. The summed E-state index contributed by atoms with van der Waals surface area (Å²) >= 11 is 7.39. The van der Waals surface area contributed by atoms with Crippen molar-refractivity contribution in [1.29, 1.82) is 0 Å².